The van der Waals surface area contributed by atoms with Gasteiger partial charge in [-0.15, -0.1) is 0 Å². The Morgan fingerprint density at radius 2 is 1.86 bits per heavy atom. The maximum absolute atomic E-state index is 13.4. The van der Waals surface area contributed by atoms with Gasteiger partial charge >= 0.3 is 0 Å². The van der Waals surface area contributed by atoms with Gasteiger partial charge in [-0.2, -0.15) is 0 Å². The lowest BCUT2D eigenvalue weighted by Crippen LogP contribution is -2.33. The third-order valence-corrected chi connectivity index (χ3v) is 3.79. The Kier molecular flexibility index (Phi) is 5.63. The van der Waals surface area contributed by atoms with Crippen molar-refractivity contribution in [2.24, 2.45) is 0 Å². The number of hydrogen-bond donors (Lipinski definition) is 1. The lowest BCUT2D eigenvalue weighted by Gasteiger charge is -2.19. The number of halogens is 3. The molecule has 2 aromatic carbocycles. The molecule has 3 nitrogen and oxygen atoms in total. The van der Waals surface area contributed by atoms with Gasteiger partial charge in [0.2, 0.25) is 0 Å². The molecule has 22 heavy (non-hydrogen) atoms. The van der Waals surface area contributed by atoms with Crippen molar-refractivity contribution in [3.05, 3.63) is 63.9 Å². The minimum atomic E-state index is -0.669. The fraction of sp³-hybridized carbons (Fsp3) is 0.188. The van der Waals surface area contributed by atoms with E-state index in [0.717, 1.165) is 11.8 Å². The van der Waals surface area contributed by atoms with Crippen LogP contribution in [-0.4, -0.2) is 26.0 Å². The summed E-state index contributed by atoms with van der Waals surface area (Å²) in [4.78, 5) is 14.0. The standard InChI is InChI=1S/C16H15Cl2FN2O/c1-21(11-5-3-2-4-6-11)8-7-20-16(22)12-9-15(19)14(18)10-13(12)17/h2-6,9-10H,7-8H2,1H3,(H,20,22). The Morgan fingerprint density at radius 3 is 2.55 bits per heavy atom. The van der Waals surface area contributed by atoms with Crippen LogP contribution in [0.15, 0.2) is 42.5 Å². The van der Waals surface area contributed by atoms with E-state index in [0.29, 0.717) is 13.1 Å². The Morgan fingerprint density at radius 1 is 1.18 bits per heavy atom. The third kappa shape index (κ3) is 4.12. The monoisotopic (exact) mass is 340 g/mol. The van der Waals surface area contributed by atoms with Crippen molar-refractivity contribution in [1.29, 1.82) is 0 Å². The number of likely N-dealkylation sites (N-methyl/N-ethyl adjacent to an activating group) is 1. The molecule has 1 amide bonds. The minimum absolute atomic E-state index is 0.0749. The summed E-state index contributed by atoms with van der Waals surface area (Å²) in [5.41, 5.74) is 1.12. The van der Waals surface area contributed by atoms with E-state index >= 15 is 0 Å². The van der Waals surface area contributed by atoms with Crippen molar-refractivity contribution in [2.45, 2.75) is 0 Å². The highest BCUT2D eigenvalue weighted by Gasteiger charge is 2.14. The van der Waals surface area contributed by atoms with Gasteiger partial charge in [-0.3, -0.25) is 4.79 Å². The van der Waals surface area contributed by atoms with Crippen LogP contribution in [0.1, 0.15) is 10.4 Å². The fourth-order valence-electron chi connectivity index (χ4n) is 1.94. The molecule has 0 aliphatic heterocycles. The number of benzene rings is 2. The minimum Gasteiger partial charge on any atom is -0.373 e. The van der Waals surface area contributed by atoms with Crippen molar-refractivity contribution < 1.29 is 9.18 Å². The molecule has 0 saturated carbocycles. The van der Waals surface area contributed by atoms with Crippen LogP contribution < -0.4 is 10.2 Å². The quantitative estimate of drug-likeness (QED) is 0.834. The third-order valence-electron chi connectivity index (χ3n) is 3.18. The van der Waals surface area contributed by atoms with Crippen LogP contribution in [0.25, 0.3) is 0 Å². The molecule has 0 aliphatic rings. The maximum atomic E-state index is 13.4. The van der Waals surface area contributed by atoms with Crippen LogP contribution in [0.3, 0.4) is 0 Å². The Hall–Kier alpha value is -1.78. The van der Waals surface area contributed by atoms with Gasteiger partial charge in [-0.05, 0) is 24.3 Å². The molecule has 0 fully saturated rings. The van der Waals surface area contributed by atoms with Crippen LogP contribution in [0, 0.1) is 5.82 Å². The van der Waals surface area contributed by atoms with Crippen molar-refractivity contribution in [1.82, 2.24) is 5.32 Å². The predicted octanol–water partition coefficient (Wildman–Crippen LogP) is 4.00. The molecule has 0 radical (unpaired) electrons. The van der Waals surface area contributed by atoms with Gasteiger partial charge < -0.3 is 10.2 Å². The molecule has 0 aliphatic carbocycles. The lowest BCUT2D eigenvalue weighted by molar-refractivity contribution is 0.0954. The second-order valence-corrected chi connectivity index (χ2v) is 5.57. The SMILES string of the molecule is CN(CCNC(=O)c1cc(F)c(Cl)cc1Cl)c1ccccc1. The summed E-state index contributed by atoms with van der Waals surface area (Å²) in [6.45, 7) is 1.02. The van der Waals surface area contributed by atoms with Crippen molar-refractivity contribution in [3.63, 3.8) is 0 Å². The Bertz CT molecular complexity index is 665. The highest BCUT2D eigenvalue weighted by atomic mass is 35.5. The van der Waals surface area contributed by atoms with E-state index in [1.165, 1.54) is 6.07 Å². The molecule has 1 N–H and O–H groups in total. The average Bonchev–Trinajstić information content (AvgIpc) is 2.51. The molecule has 2 aromatic rings. The molecule has 0 bridgehead atoms. The molecule has 0 saturated heterocycles. The summed E-state index contributed by atoms with van der Waals surface area (Å²) in [6, 6.07) is 12.1. The zero-order valence-corrected chi connectivity index (χ0v) is 13.5. The molecule has 0 aromatic heterocycles. The number of hydrogen-bond acceptors (Lipinski definition) is 2. The summed E-state index contributed by atoms with van der Waals surface area (Å²) < 4.78 is 13.4. The highest BCUT2D eigenvalue weighted by molar-refractivity contribution is 6.36. The number of para-hydroxylation sites is 1. The number of amides is 1. The Balaban J connectivity index is 1.92. The van der Waals surface area contributed by atoms with E-state index in [1.807, 2.05) is 42.3 Å². The number of rotatable bonds is 5. The van der Waals surface area contributed by atoms with Gasteiger partial charge in [0.15, 0.2) is 0 Å². The predicted molar refractivity (Wildman–Crippen MR) is 88.5 cm³/mol. The van der Waals surface area contributed by atoms with Gasteiger partial charge in [0.05, 0.1) is 15.6 Å². The Labute approximate surface area is 138 Å². The molecule has 0 heterocycles. The largest absolute Gasteiger partial charge is 0.373 e. The smallest absolute Gasteiger partial charge is 0.252 e. The average molecular weight is 341 g/mol. The highest BCUT2D eigenvalue weighted by Crippen LogP contribution is 2.24. The lowest BCUT2D eigenvalue weighted by atomic mass is 10.2. The molecule has 0 atom stereocenters. The van der Waals surface area contributed by atoms with Crippen LogP contribution >= 0.6 is 23.2 Å². The topological polar surface area (TPSA) is 32.3 Å². The number of nitrogens with zero attached hydrogens (tertiary/aromatic N) is 1. The van der Waals surface area contributed by atoms with E-state index in [4.69, 9.17) is 23.2 Å². The van der Waals surface area contributed by atoms with Crippen molar-refractivity contribution in [2.75, 3.05) is 25.0 Å². The van der Waals surface area contributed by atoms with Gasteiger partial charge in [0.25, 0.3) is 5.91 Å². The van der Waals surface area contributed by atoms with Crippen LogP contribution in [0.4, 0.5) is 10.1 Å². The normalized spacial score (nSPS) is 10.4. The number of nitrogens with one attached hydrogen (secondary N) is 1. The molecular weight excluding hydrogens is 326 g/mol. The first-order chi connectivity index (χ1) is 10.5. The summed E-state index contributed by atoms with van der Waals surface area (Å²) in [5, 5.41) is 2.73. The molecule has 6 heteroatoms. The maximum Gasteiger partial charge on any atom is 0.252 e. The van der Waals surface area contributed by atoms with Gasteiger partial charge in [-0.25, -0.2) is 4.39 Å². The first kappa shape index (κ1) is 16.6. The van der Waals surface area contributed by atoms with Crippen LogP contribution in [0.5, 0.6) is 0 Å². The molecular formula is C16H15Cl2FN2O. The molecule has 116 valence electrons. The van der Waals surface area contributed by atoms with E-state index in [2.05, 4.69) is 5.32 Å². The van der Waals surface area contributed by atoms with E-state index in [1.54, 1.807) is 0 Å². The molecule has 0 unspecified atom stereocenters. The zero-order chi connectivity index (χ0) is 16.1. The molecule has 2 rings (SSSR count). The second-order valence-electron chi connectivity index (χ2n) is 4.76. The van der Waals surface area contributed by atoms with Crippen LogP contribution in [0.2, 0.25) is 10.0 Å². The fourth-order valence-corrected chi connectivity index (χ4v) is 2.41. The molecule has 0 spiro atoms. The zero-order valence-electron chi connectivity index (χ0n) is 11.9. The summed E-state index contributed by atoms with van der Waals surface area (Å²) in [5.74, 6) is -1.10. The van der Waals surface area contributed by atoms with Gasteiger partial charge in [-0.1, -0.05) is 41.4 Å². The summed E-state index contributed by atoms with van der Waals surface area (Å²) >= 11 is 11.5. The summed E-state index contributed by atoms with van der Waals surface area (Å²) in [6.07, 6.45) is 0. The van der Waals surface area contributed by atoms with Crippen LogP contribution in [-0.2, 0) is 0 Å². The van der Waals surface area contributed by atoms with E-state index in [9.17, 15) is 9.18 Å². The first-order valence-corrected chi connectivity index (χ1v) is 7.43. The van der Waals surface area contributed by atoms with Gasteiger partial charge in [0.1, 0.15) is 5.82 Å². The van der Waals surface area contributed by atoms with Crippen molar-refractivity contribution >= 4 is 34.8 Å². The van der Waals surface area contributed by atoms with Crippen molar-refractivity contribution in [3.8, 4) is 0 Å². The first-order valence-electron chi connectivity index (χ1n) is 6.68. The number of carbonyl (C=O) groups is 1. The van der Waals surface area contributed by atoms with E-state index in [-0.39, 0.29) is 15.6 Å². The van der Waals surface area contributed by atoms with Gasteiger partial charge in [0, 0.05) is 25.8 Å². The second kappa shape index (κ2) is 7.47. The number of carbonyl (C=O) groups excluding carboxylic acids is 1. The number of anilines is 1. The summed E-state index contributed by atoms with van der Waals surface area (Å²) in [7, 11) is 1.93. The van der Waals surface area contributed by atoms with E-state index < -0.39 is 11.7 Å².